The summed E-state index contributed by atoms with van der Waals surface area (Å²) in [6.45, 7) is 0.452. The van der Waals surface area contributed by atoms with Crippen molar-refractivity contribution in [1.82, 2.24) is 4.90 Å². The molecule has 2 aliphatic rings. The van der Waals surface area contributed by atoms with Crippen LogP contribution in [0.1, 0.15) is 11.1 Å². The molecule has 0 aromatic heterocycles. The first-order chi connectivity index (χ1) is 12.5. The normalized spacial score (nSPS) is 27.6. The van der Waals surface area contributed by atoms with Crippen molar-refractivity contribution >= 4 is 23.5 Å². The first-order valence-corrected chi connectivity index (χ1v) is 8.53. The summed E-state index contributed by atoms with van der Waals surface area (Å²) < 4.78 is 11.6. The summed E-state index contributed by atoms with van der Waals surface area (Å²) in [7, 11) is 0. The van der Waals surface area contributed by atoms with Gasteiger partial charge in [-0.15, -0.1) is 0 Å². The van der Waals surface area contributed by atoms with E-state index in [1.807, 2.05) is 30.3 Å². The predicted molar refractivity (Wildman–Crippen MR) is 92.4 cm³/mol. The van der Waals surface area contributed by atoms with Crippen molar-refractivity contribution in [1.29, 1.82) is 0 Å². The molecule has 0 saturated carbocycles. The molecule has 134 valence electrons. The smallest absolute Gasteiger partial charge is 0.336 e. The number of carbonyl (C=O) groups excluding carboxylic acids is 1. The number of carboxylic acid groups (broad SMARTS) is 1. The van der Waals surface area contributed by atoms with E-state index in [9.17, 15) is 14.7 Å². The van der Waals surface area contributed by atoms with Gasteiger partial charge in [0.2, 0.25) is 5.79 Å². The molecule has 2 aromatic rings. The van der Waals surface area contributed by atoms with Crippen LogP contribution in [0, 0.1) is 0 Å². The predicted octanol–water partition coefficient (Wildman–Crippen LogP) is 2.40. The minimum atomic E-state index is -1.35. The van der Waals surface area contributed by atoms with Crippen molar-refractivity contribution in [2.75, 3.05) is 6.54 Å². The summed E-state index contributed by atoms with van der Waals surface area (Å²) in [4.78, 5) is 25.9. The maximum atomic E-state index is 12.8. The molecule has 7 heteroatoms. The van der Waals surface area contributed by atoms with Gasteiger partial charge in [-0.2, -0.15) is 0 Å². The number of ether oxygens (including phenoxy) is 2. The summed E-state index contributed by atoms with van der Waals surface area (Å²) >= 11 is 5.95. The molecule has 26 heavy (non-hydrogen) atoms. The lowest BCUT2D eigenvalue weighted by Crippen LogP contribution is -2.53. The van der Waals surface area contributed by atoms with Crippen LogP contribution in [0.5, 0.6) is 0 Å². The average molecular weight is 374 g/mol. The van der Waals surface area contributed by atoms with Crippen molar-refractivity contribution < 1.29 is 24.2 Å². The Morgan fingerprint density at radius 2 is 1.85 bits per heavy atom. The number of nitrogens with zero attached hydrogens (tertiary/aromatic N) is 1. The highest BCUT2D eigenvalue weighted by molar-refractivity contribution is 6.30. The lowest BCUT2D eigenvalue weighted by molar-refractivity contribution is -0.219. The van der Waals surface area contributed by atoms with Crippen LogP contribution >= 0.6 is 11.6 Å². The van der Waals surface area contributed by atoms with Crippen LogP contribution in [0.4, 0.5) is 0 Å². The fraction of sp³-hybridized carbons (Fsp3) is 0.263. The van der Waals surface area contributed by atoms with Gasteiger partial charge in [0.25, 0.3) is 5.91 Å². The van der Waals surface area contributed by atoms with Gasteiger partial charge in [-0.25, -0.2) is 4.79 Å². The zero-order valence-electron chi connectivity index (χ0n) is 13.7. The number of carboxylic acids is 1. The monoisotopic (exact) mass is 373 g/mol. The minimum absolute atomic E-state index is 0.0998. The van der Waals surface area contributed by atoms with Crippen LogP contribution in [-0.2, 0) is 31.4 Å². The van der Waals surface area contributed by atoms with Gasteiger partial charge in [0.1, 0.15) is 0 Å². The van der Waals surface area contributed by atoms with E-state index < -0.39 is 24.0 Å². The Labute approximate surface area is 154 Å². The van der Waals surface area contributed by atoms with E-state index in [0.29, 0.717) is 17.1 Å². The number of hydrogen-bond donors (Lipinski definition) is 1. The Bertz CT molecular complexity index is 841. The highest BCUT2D eigenvalue weighted by Gasteiger charge is 2.60. The van der Waals surface area contributed by atoms with Crippen molar-refractivity contribution in [3.8, 4) is 0 Å². The SMILES string of the molecule is O=C(O)C1OC2(c3ccc(Cl)cc3)CN(Cc3ccccc3)C(=O)C1O2. The number of amides is 1. The van der Waals surface area contributed by atoms with E-state index in [-0.39, 0.29) is 12.5 Å². The topological polar surface area (TPSA) is 76.1 Å². The molecular weight excluding hydrogens is 358 g/mol. The second-order valence-electron chi connectivity index (χ2n) is 6.35. The maximum Gasteiger partial charge on any atom is 0.336 e. The quantitative estimate of drug-likeness (QED) is 0.890. The fourth-order valence-electron chi connectivity index (χ4n) is 3.37. The molecule has 4 rings (SSSR count). The number of aliphatic carboxylic acids is 1. The minimum Gasteiger partial charge on any atom is -0.479 e. The molecule has 2 bridgehead atoms. The van der Waals surface area contributed by atoms with Crippen LogP contribution in [-0.4, -0.2) is 40.6 Å². The second kappa shape index (κ2) is 6.39. The van der Waals surface area contributed by atoms with Gasteiger partial charge in [0, 0.05) is 17.1 Å². The lowest BCUT2D eigenvalue weighted by atomic mass is 10.0. The number of fused-ring (bicyclic) bond motifs is 2. The van der Waals surface area contributed by atoms with Crippen molar-refractivity contribution in [2.24, 2.45) is 0 Å². The first kappa shape index (κ1) is 17.0. The van der Waals surface area contributed by atoms with E-state index in [4.69, 9.17) is 21.1 Å². The average Bonchev–Trinajstić information content (AvgIpc) is 2.98. The van der Waals surface area contributed by atoms with Gasteiger partial charge in [-0.3, -0.25) is 4.79 Å². The molecule has 2 aromatic carbocycles. The second-order valence-corrected chi connectivity index (χ2v) is 6.79. The standard InChI is InChI=1S/C19H16ClNO5/c20-14-8-6-13(7-9-14)19-11-21(10-12-4-2-1-3-5-12)17(22)15(25-19)16(26-19)18(23)24/h1-9,15-16H,10-11H2,(H,23,24). The third-order valence-electron chi connectivity index (χ3n) is 4.61. The Kier molecular flexibility index (Phi) is 4.19. The van der Waals surface area contributed by atoms with Crippen LogP contribution in [0.3, 0.4) is 0 Å². The van der Waals surface area contributed by atoms with Crippen molar-refractivity contribution in [3.63, 3.8) is 0 Å². The van der Waals surface area contributed by atoms with E-state index in [1.165, 1.54) is 0 Å². The molecule has 2 aliphatic heterocycles. The fourth-order valence-corrected chi connectivity index (χ4v) is 3.50. The number of halogens is 1. The van der Waals surface area contributed by atoms with Gasteiger partial charge in [0.05, 0.1) is 6.54 Å². The van der Waals surface area contributed by atoms with E-state index in [1.54, 1.807) is 29.2 Å². The molecule has 0 aliphatic carbocycles. The summed E-state index contributed by atoms with van der Waals surface area (Å²) in [5.41, 5.74) is 1.57. The Morgan fingerprint density at radius 3 is 2.50 bits per heavy atom. The number of rotatable bonds is 4. The van der Waals surface area contributed by atoms with Crippen molar-refractivity contribution in [3.05, 3.63) is 70.7 Å². The molecule has 2 heterocycles. The number of morpholine rings is 1. The number of hydrogen-bond acceptors (Lipinski definition) is 4. The van der Waals surface area contributed by atoms with Crippen molar-refractivity contribution in [2.45, 2.75) is 24.5 Å². The van der Waals surface area contributed by atoms with Crippen LogP contribution < -0.4 is 0 Å². The van der Waals surface area contributed by atoms with E-state index >= 15 is 0 Å². The number of benzene rings is 2. The van der Waals surface area contributed by atoms with Gasteiger partial charge in [-0.1, -0.05) is 54.1 Å². The molecule has 2 saturated heterocycles. The summed E-state index contributed by atoms with van der Waals surface area (Å²) in [5, 5.41) is 10.0. The molecule has 2 fully saturated rings. The zero-order valence-corrected chi connectivity index (χ0v) is 14.4. The highest BCUT2D eigenvalue weighted by atomic mass is 35.5. The zero-order chi connectivity index (χ0) is 18.3. The Hall–Kier alpha value is -2.41. The molecule has 3 atom stereocenters. The summed E-state index contributed by atoms with van der Waals surface area (Å²) in [6.07, 6.45) is -2.53. The Morgan fingerprint density at radius 1 is 1.15 bits per heavy atom. The largest absolute Gasteiger partial charge is 0.479 e. The van der Waals surface area contributed by atoms with Gasteiger partial charge < -0.3 is 19.5 Å². The van der Waals surface area contributed by atoms with Crippen LogP contribution in [0.2, 0.25) is 5.02 Å². The molecule has 6 nitrogen and oxygen atoms in total. The van der Waals surface area contributed by atoms with Gasteiger partial charge in [0.15, 0.2) is 12.2 Å². The lowest BCUT2D eigenvalue weighted by Gasteiger charge is -2.38. The third kappa shape index (κ3) is 2.86. The summed E-state index contributed by atoms with van der Waals surface area (Å²) in [6, 6.07) is 16.3. The van der Waals surface area contributed by atoms with Gasteiger partial charge >= 0.3 is 5.97 Å². The van der Waals surface area contributed by atoms with E-state index in [2.05, 4.69) is 0 Å². The molecular formula is C19H16ClNO5. The summed E-state index contributed by atoms with van der Waals surface area (Å²) in [5.74, 6) is -2.93. The Balaban J connectivity index is 1.70. The first-order valence-electron chi connectivity index (χ1n) is 8.16. The molecule has 1 N–H and O–H groups in total. The third-order valence-corrected chi connectivity index (χ3v) is 4.86. The molecule has 0 spiro atoms. The molecule has 1 amide bonds. The van der Waals surface area contributed by atoms with Crippen LogP contribution in [0.25, 0.3) is 0 Å². The van der Waals surface area contributed by atoms with Crippen LogP contribution in [0.15, 0.2) is 54.6 Å². The van der Waals surface area contributed by atoms with E-state index in [0.717, 1.165) is 5.56 Å². The molecule has 0 radical (unpaired) electrons. The highest BCUT2D eigenvalue weighted by Crippen LogP contribution is 2.43. The number of carbonyl (C=O) groups is 2. The van der Waals surface area contributed by atoms with Gasteiger partial charge in [-0.05, 0) is 17.7 Å². The molecule has 3 unspecified atom stereocenters. The maximum absolute atomic E-state index is 12.8.